The van der Waals surface area contributed by atoms with Crippen molar-refractivity contribution in [2.45, 2.75) is 64.0 Å². The van der Waals surface area contributed by atoms with Crippen LogP contribution in [0, 0.1) is 13.8 Å². The smallest absolute Gasteiger partial charge is 0.264 e. The monoisotopic (exact) mass is 570 g/mol. The topological polar surface area (TPSA) is 110 Å². The lowest BCUT2D eigenvalue weighted by atomic mass is 9.86. The van der Waals surface area contributed by atoms with Gasteiger partial charge < -0.3 is 10.1 Å². The summed E-state index contributed by atoms with van der Waals surface area (Å²) in [5.74, 6) is -0.367. The number of aryl methyl sites for hydroxylation is 2. The normalized spacial score (nSPS) is 18.5. The first-order chi connectivity index (χ1) is 19.3. The predicted octanol–water partition coefficient (Wildman–Crippen LogP) is 6.11. The maximum absolute atomic E-state index is 13.4. The average molecular weight is 571 g/mol. The summed E-state index contributed by atoms with van der Waals surface area (Å²) >= 11 is 0. The first-order valence-corrected chi connectivity index (χ1v) is 15.0. The van der Waals surface area contributed by atoms with E-state index in [1.807, 2.05) is 51.1 Å². The fourth-order valence-electron chi connectivity index (χ4n) is 4.99. The van der Waals surface area contributed by atoms with Crippen molar-refractivity contribution in [3.63, 3.8) is 0 Å². The van der Waals surface area contributed by atoms with E-state index < -0.39 is 28.1 Å². The molecular weight excluding hydrogens is 536 g/mol. The number of carbonyl (C=O) groups excluding carboxylic acids is 1. The molecule has 0 saturated carbocycles. The van der Waals surface area contributed by atoms with E-state index in [0.717, 1.165) is 27.8 Å². The average Bonchev–Trinajstić information content (AvgIpc) is 2.90. The molecule has 2 N–H and O–H groups in total. The molecule has 2 atom stereocenters. The summed E-state index contributed by atoms with van der Waals surface area (Å²) in [6.07, 6.45) is -0.637. The van der Waals surface area contributed by atoms with Gasteiger partial charge >= 0.3 is 0 Å². The Balaban J connectivity index is 1.70. The molecular formula is C32H34N4O4S. The van der Waals surface area contributed by atoms with E-state index in [1.165, 1.54) is 18.2 Å². The van der Waals surface area contributed by atoms with Gasteiger partial charge in [0.2, 0.25) is 11.8 Å². The van der Waals surface area contributed by atoms with Crippen LogP contribution >= 0.6 is 0 Å². The van der Waals surface area contributed by atoms with Crippen LogP contribution in [0.25, 0.3) is 11.3 Å². The lowest BCUT2D eigenvalue weighted by Gasteiger charge is -2.27. The highest BCUT2D eigenvalue weighted by Gasteiger charge is 2.28. The van der Waals surface area contributed by atoms with Crippen molar-refractivity contribution in [3.8, 4) is 17.1 Å². The molecule has 8 nitrogen and oxygen atoms in total. The van der Waals surface area contributed by atoms with E-state index in [9.17, 15) is 13.2 Å². The minimum Gasteiger partial charge on any atom is -0.467 e. The Labute approximate surface area is 241 Å². The van der Waals surface area contributed by atoms with Crippen molar-refractivity contribution in [3.05, 3.63) is 101 Å². The first kappa shape index (κ1) is 28.3. The van der Waals surface area contributed by atoms with E-state index >= 15 is 0 Å². The maximum atomic E-state index is 13.4. The third-order valence-corrected chi connectivity index (χ3v) is 8.56. The molecule has 0 saturated heterocycles. The van der Waals surface area contributed by atoms with E-state index in [2.05, 4.69) is 52.9 Å². The highest BCUT2D eigenvalue weighted by Crippen LogP contribution is 2.33. The lowest BCUT2D eigenvalue weighted by molar-refractivity contribution is 0.0877. The third-order valence-electron chi connectivity index (χ3n) is 7.24. The Bertz CT molecular complexity index is 1710. The number of sulfonamides is 1. The number of fused-ring (bicyclic) bond motifs is 4. The molecule has 4 bridgehead atoms. The molecule has 3 aromatic carbocycles. The molecule has 5 rings (SSSR count). The van der Waals surface area contributed by atoms with Gasteiger partial charge in [-0.25, -0.2) is 18.1 Å². The second-order valence-corrected chi connectivity index (χ2v) is 13.2. The zero-order valence-electron chi connectivity index (χ0n) is 24.0. The Kier molecular flexibility index (Phi) is 7.33. The number of hydrogen-bond donors (Lipinski definition) is 2. The number of hydrogen-bond acceptors (Lipinski definition) is 6. The minimum absolute atomic E-state index is 0.0337. The van der Waals surface area contributed by atoms with Gasteiger partial charge in [-0.3, -0.25) is 4.79 Å². The minimum atomic E-state index is -4.11. The maximum Gasteiger partial charge on any atom is 0.264 e. The van der Waals surface area contributed by atoms with Crippen molar-refractivity contribution < 1.29 is 17.9 Å². The van der Waals surface area contributed by atoms with E-state index in [-0.39, 0.29) is 27.7 Å². The Hall–Kier alpha value is -4.24. The third kappa shape index (κ3) is 5.95. The van der Waals surface area contributed by atoms with Crippen molar-refractivity contribution in [2.75, 3.05) is 4.72 Å². The van der Waals surface area contributed by atoms with Crippen LogP contribution in [0.4, 0.5) is 5.95 Å². The van der Waals surface area contributed by atoms with Gasteiger partial charge in [0.05, 0.1) is 16.6 Å². The number of nitrogens with zero attached hydrogens (tertiary/aromatic N) is 2. The molecule has 41 heavy (non-hydrogen) atoms. The Morgan fingerprint density at radius 1 is 0.878 bits per heavy atom. The summed E-state index contributed by atoms with van der Waals surface area (Å²) in [5, 5.41) is 3.00. The van der Waals surface area contributed by atoms with Gasteiger partial charge in [0.15, 0.2) is 0 Å². The molecule has 1 aromatic heterocycles. The van der Waals surface area contributed by atoms with Crippen molar-refractivity contribution in [1.29, 1.82) is 0 Å². The van der Waals surface area contributed by atoms with Crippen molar-refractivity contribution in [1.82, 2.24) is 15.3 Å². The molecule has 0 radical (unpaired) electrons. The van der Waals surface area contributed by atoms with Crippen LogP contribution in [0.2, 0.25) is 0 Å². The summed E-state index contributed by atoms with van der Waals surface area (Å²) in [4.78, 5) is 22.2. The quantitative estimate of drug-likeness (QED) is 0.301. The van der Waals surface area contributed by atoms with Gasteiger partial charge in [0.25, 0.3) is 15.9 Å². The van der Waals surface area contributed by atoms with Crippen LogP contribution in [0.3, 0.4) is 0 Å². The zero-order valence-corrected chi connectivity index (χ0v) is 24.8. The lowest BCUT2D eigenvalue weighted by Crippen LogP contribution is -2.39. The number of amides is 1. The molecule has 9 heteroatoms. The van der Waals surface area contributed by atoms with Crippen LogP contribution in [0.5, 0.6) is 5.88 Å². The van der Waals surface area contributed by atoms with E-state index in [4.69, 9.17) is 4.74 Å². The van der Waals surface area contributed by atoms with Crippen LogP contribution in [-0.2, 0) is 15.4 Å². The fraction of sp³-hybridized carbons (Fsp3) is 0.281. The predicted molar refractivity (Wildman–Crippen MR) is 160 cm³/mol. The zero-order chi connectivity index (χ0) is 29.5. The van der Waals surface area contributed by atoms with Gasteiger partial charge in [-0.2, -0.15) is 4.98 Å². The number of nitrogens with one attached hydrogen (secondary N) is 2. The summed E-state index contributed by atoms with van der Waals surface area (Å²) in [6, 6.07) is 21.1. The molecule has 2 heterocycles. The molecule has 4 aromatic rings. The van der Waals surface area contributed by atoms with Gasteiger partial charge in [0.1, 0.15) is 6.10 Å². The van der Waals surface area contributed by atoms with Crippen molar-refractivity contribution in [2.24, 2.45) is 0 Å². The number of anilines is 1. The standard InChI is InChI=1S/C32H34N4O4S/c1-19-9-7-10-20(2)28(19)26-18-27-35-31(34-26)36-41(38,39)25-12-8-11-23(17-25)30(37)33-21(3)29(40-27)22-13-15-24(16-14-22)32(4,5)6/h7-18,21,29H,1-6H3,(H,33,37)(H,34,35,36)/t21-,29+/m1/s1. The van der Waals surface area contributed by atoms with Crippen LogP contribution < -0.4 is 14.8 Å². The summed E-state index contributed by atoms with van der Waals surface area (Å²) < 4.78 is 35.7. The summed E-state index contributed by atoms with van der Waals surface area (Å²) in [6.45, 7) is 12.2. The molecule has 1 amide bonds. The second kappa shape index (κ2) is 10.6. The Morgan fingerprint density at radius 2 is 1.54 bits per heavy atom. The number of benzene rings is 3. The van der Waals surface area contributed by atoms with Crippen molar-refractivity contribution >= 4 is 21.9 Å². The highest BCUT2D eigenvalue weighted by molar-refractivity contribution is 7.92. The Morgan fingerprint density at radius 3 is 2.20 bits per heavy atom. The fourth-order valence-corrected chi connectivity index (χ4v) is 5.98. The molecule has 0 unspecified atom stereocenters. The SMILES string of the molecule is Cc1cccc(C)c1-c1cc2nc(n1)NS(=O)(=O)c1cccc(c1)C(=O)N[C@H](C)[C@@H](c1ccc(C(C)(C)C)cc1)O2. The van der Waals surface area contributed by atoms with Crippen LogP contribution in [0.15, 0.2) is 77.7 Å². The highest BCUT2D eigenvalue weighted by atomic mass is 32.2. The van der Waals surface area contributed by atoms with Gasteiger partial charge in [-0.15, -0.1) is 0 Å². The first-order valence-electron chi connectivity index (χ1n) is 13.5. The van der Waals surface area contributed by atoms with Crippen LogP contribution in [0.1, 0.15) is 66.4 Å². The molecule has 0 fully saturated rings. The molecule has 1 aliphatic rings. The summed E-state index contributed by atoms with van der Waals surface area (Å²) in [7, 11) is -4.11. The van der Waals surface area contributed by atoms with E-state index in [0.29, 0.717) is 5.69 Å². The van der Waals surface area contributed by atoms with Crippen LogP contribution in [-0.4, -0.2) is 30.3 Å². The second-order valence-electron chi connectivity index (χ2n) is 11.5. The largest absolute Gasteiger partial charge is 0.467 e. The van der Waals surface area contributed by atoms with E-state index in [1.54, 1.807) is 12.1 Å². The molecule has 0 spiro atoms. The number of aromatic nitrogens is 2. The number of carbonyl (C=O) groups is 1. The molecule has 0 aliphatic carbocycles. The molecule has 212 valence electrons. The number of ether oxygens (including phenoxy) is 1. The summed E-state index contributed by atoms with van der Waals surface area (Å²) in [5.41, 5.74) is 5.51. The van der Waals surface area contributed by atoms with Gasteiger partial charge in [-0.1, -0.05) is 69.3 Å². The van der Waals surface area contributed by atoms with Gasteiger partial charge in [0, 0.05) is 17.2 Å². The van der Waals surface area contributed by atoms with Gasteiger partial charge in [-0.05, 0) is 66.6 Å². The number of rotatable bonds is 2. The molecule has 1 aliphatic heterocycles.